The van der Waals surface area contributed by atoms with Crippen LogP contribution in [0.1, 0.15) is 30.4 Å². The van der Waals surface area contributed by atoms with E-state index >= 15 is 0 Å². The molecule has 1 aliphatic rings. The summed E-state index contributed by atoms with van der Waals surface area (Å²) in [5.74, 6) is -0.0291. The van der Waals surface area contributed by atoms with Crippen molar-refractivity contribution >= 4 is 5.57 Å². The predicted octanol–water partition coefficient (Wildman–Crippen LogP) is 3.53. The molecule has 0 bridgehead atoms. The zero-order valence-electron chi connectivity index (χ0n) is 12.5. The van der Waals surface area contributed by atoms with Crippen molar-refractivity contribution in [3.05, 3.63) is 41.5 Å². The second-order valence-electron chi connectivity index (χ2n) is 5.63. The molecule has 1 aromatic carbocycles. The second kappa shape index (κ2) is 7.62. The Labute approximate surface area is 127 Å². The monoisotopic (exact) mass is 279 g/mol. The molecule has 0 amide bonds. The first-order valence-corrected chi connectivity index (χ1v) is 7.48. The lowest BCUT2D eigenvalue weighted by Gasteiger charge is -2.28. The van der Waals surface area contributed by atoms with Crippen LogP contribution >= 0.6 is 0 Å². The number of benzene rings is 1. The van der Waals surface area contributed by atoms with E-state index in [0.717, 1.165) is 26.1 Å². The van der Waals surface area contributed by atoms with Gasteiger partial charge in [-0.2, -0.15) is 10.5 Å². The van der Waals surface area contributed by atoms with Crippen LogP contribution in [0.4, 0.5) is 0 Å². The van der Waals surface area contributed by atoms with E-state index in [-0.39, 0.29) is 5.92 Å². The molecule has 3 nitrogen and oxygen atoms in total. The van der Waals surface area contributed by atoms with E-state index in [0.29, 0.717) is 12.8 Å². The first kappa shape index (κ1) is 15.3. The van der Waals surface area contributed by atoms with Crippen molar-refractivity contribution in [1.82, 2.24) is 4.90 Å². The molecule has 3 heteroatoms. The van der Waals surface area contributed by atoms with Gasteiger partial charge in [-0.1, -0.05) is 35.9 Å². The molecule has 1 atom stereocenters. The fourth-order valence-electron chi connectivity index (χ4n) is 2.73. The third-order valence-corrected chi connectivity index (χ3v) is 3.95. The Balaban J connectivity index is 1.93. The van der Waals surface area contributed by atoms with Gasteiger partial charge in [0, 0.05) is 26.1 Å². The molecule has 1 aromatic rings. The highest BCUT2D eigenvalue weighted by Gasteiger charge is 2.17. The molecule has 0 spiro atoms. The molecule has 2 rings (SSSR count). The summed E-state index contributed by atoms with van der Waals surface area (Å²) in [5.41, 5.74) is 4.01. The third-order valence-electron chi connectivity index (χ3n) is 3.95. The van der Waals surface area contributed by atoms with Crippen molar-refractivity contribution in [2.24, 2.45) is 5.92 Å². The maximum Gasteiger partial charge on any atom is 0.0669 e. The molecule has 0 saturated carbocycles. The Bertz CT molecular complexity index is 589. The first-order valence-electron chi connectivity index (χ1n) is 7.48. The van der Waals surface area contributed by atoms with Gasteiger partial charge >= 0.3 is 0 Å². The molecular formula is C18H21N3. The SMILES string of the molecule is Cc1cccc(C2=CCN(CC(C#N)CCC#N)CC2)c1. The van der Waals surface area contributed by atoms with Crippen LogP contribution in [0.15, 0.2) is 30.3 Å². The number of aryl methyl sites for hydroxylation is 1. The summed E-state index contributed by atoms with van der Waals surface area (Å²) in [6, 6.07) is 13.1. The Morgan fingerprint density at radius 1 is 1.33 bits per heavy atom. The fourth-order valence-corrected chi connectivity index (χ4v) is 2.73. The molecule has 1 unspecified atom stereocenters. The van der Waals surface area contributed by atoms with Gasteiger partial charge in [0.05, 0.1) is 18.1 Å². The van der Waals surface area contributed by atoms with Gasteiger partial charge in [0.25, 0.3) is 0 Å². The zero-order valence-corrected chi connectivity index (χ0v) is 12.5. The minimum atomic E-state index is -0.0291. The van der Waals surface area contributed by atoms with E-state index in [1.165, 1.54) is 16.7 Å². The summed E-state index contributed by atoms with van der Waals surface area (Å²) in [5, 5.41) is 17.8. The van der Waals surface area contributed by atoms with Crippen LogP contribution in [0.2, 0.25) is 0 Å². The van der Waals surface area contributed by atoms with E-state index in [1.807, 2.05) is 0 Å². The normalized spacial score (nSPS) is 16.6. The number of hydrogen-bond donors (Lipinski definition) is 0. The molecule has 0 saturated heterocycles. The highest BCUT2D eigenvalue weighted by Crippen LogP contribution is 2.23. The minimum absolute atomic E-state index is 0.0291. The number of hydrogen-bond acceptors (Lipinski definition) is 3. The molecule has 0 aromatic heterocycles. The predicted molar refractivity (Wildman–Crippen MR) is 84.2 cm³/mol. The van der Waals surface area contributed by atoms with Gasteiger partial charge in [-0.05, 0) is 30.9 Å². The van der Waals surface area contributed by atoms with Crippen molar-refractivity contribution in [2.45, 2.75) is 26.2 Å². The molecule has 0 radical (unpaired) electrons. The number of rotatable bonds is 5. The summed E-state index contributed by atoms with van der Waals surface area (Å²) in [6.45, 7) is 4.78. The third kappa shape index (κ3) is 4.45. The van der Waals surface area contributed by atoms with Crippen LogP contribution in [0.5, 0.6) is 0 Å². The highest BCUT2D eigenvalue weighted by molar-refractivity contribution is 5.67. The van der Waals surface area contributed by atoms with E-state index in [4.69, 9.17) is 10.5 Å². The highest BCUT2D eigenvalue weighted by atomic mass is 15.1. The largest absolute Gasteiger partial charge is 0.298 e. The maximum atomic E-state index is 9.14. The Hall–Kier alpha value is -2.10. The van der Waals surface area contributed by atoms with Crippen LogP contribution in [0.25, 0.3) is 5.57 Å². The van der Waals surface area contributed by atoms with E-state index < -0.39 is 0 Å². The Morgan fingerprint density at radius 3 is 2.81 bits per heavy atom. The number of nitrogens with zero attached hydrogens (tertiary/aromatic N) is 3. The Kier molecular flexibility index (Phi) is 5.55. The quantitative estimate of drug-likeness (QED) is 0.828. The molecule has 21 heavy (non-hydrogen) atoms. The summed E-state index contributed by atoms with van der Waals surface area (Å²) >= 11 is 0. The van der Waals surface area contributed by atoms with E-state index in [9.17, 15) is 0 Å². The minimum Gasteiger partial charge on any atom is -0.298 e. The maximum absolute atomic E-state index is 9.14. The summed E-state index contributed by atoms with van der Waals surface area (Å²) in [4.78, 5) is 2.31. The number of nitriles is 2. The molecule has 1 heterocycles. The standard InChI is InChI=1S/C18H21N3/c1-15-4-2-6-18(12-15)17-7-10-21(11-8-17)14-16(13-20)5-3-9-19/h2,4,6-7,12,16H,3,5,8,10-11,14H2,1H3. The van der Waals surface area contributed by atoms with Crippen LogP contribution in [0, 0.1) is 35.5 Å². The van der Waals surface area contributed by atoms with Crippen molar-refractivity contribution < 1.29 is 0 Å². The van der Waals surface area contributed by atoms with Gasteiger partial charge < -0.3 is 0 Å². The zero-order chi connectivity index (χ0) is 15.1. The van der Waals surface area contributed by atoms with Gasteiger partial charge in [0.1, 0.15) is 0 Å². The lowest BCUT2D eigenvalue weighted by atomic mass is 9.97. The molecule has 0 aliphatic carbocycles. The molecule has 108 valence electrons. The average molecular weight is 279 g/mol. The van der Waals surface area contributed by atoms with Gasteiger partial charge in [0.2, 0.25) is 0 Å². The molecule has 1 aliphatic heterocycles. The van der Waals surface area contributed by atoms with Crippen molar-refractivity contribution in [1.29, 1.82) is 10.5 Å². The lowest BCUT2D eigenvalue weighted by molar-refractivity contribution is 0.270. The van der Waals surface area contributed by atoms with Crippen LogP contribution in [-0.4, -0.2) is 24.5 Å². The fraction of sp³-hybridized carbons (Fsp3) is 0.444. The molecule has 0 N–H and O–H groups in total. The van der Waals surface area contributed by atoms with Crippen LogP contribution < -0.4 is 0 Å². The van der Waals surface area contributed by atoms with Crippen LogP contribution in [0.3, 0.4) is 0 Å². The van der Waals surface area contributed by atoms with Gasteiger partial charge in [0.15, 0.2) is 0 Å². The summed E-state index contributed by atoms with van der Waals surface area (Å²) < 4.78 is 0. The van der Waals surface area contributed by atoms with Gasteiger partial charge in [-0.25, -0.2) is 0 Å². The average Bonchev–Trinajstić information content (AvgIpc) is 2.52. The Morgan fingerprint density at radius 2 is 2.19 bits per heavy atom. The van der Waals surface area contributed by atoms with Crippen molar-refractivity contribution in [2.75, 3.05) is 19.6 Å². The topological polar surface area (TPSA) is 50.8 Å². The second-order valence-corrected chi connectivity index (χ2v) is 5.63. The van der Waals surface area contributed by atoms with E-state index in [1.54, 1.807) is 0 Å². The van der Waals surface area contributed by atoms with Gasteiger partial charge in [-0.3, -0.25) is 4.90 Å². The van der Waals surface area contributed by atoms with Gasteiger partial charge in [-0.15, -0.1) is 0 Å². The summed E-state index contributed by atoms with van der Waals surface area (Å²) in [7, 11) is 0. The summed E-state index contributed by atoms with van der Waals surface area (Å²) in [6.07, 6.45) is 4.45. The first-order chi connectivity index (χ1) is 10.2. The lowest BCUT2D eigenvalue weighted by Crippen LogP contribution is -2.33. The molecule has 0 fully saturated rings. The smallest absolute Gasteiger partial charge is 0.0669 e. The van der Waals surface area contributed by atoms with Crippen molar-refractivity contribution in [3.8, 4) is 12.1 Å². The van der Waals surface area contributed by atoms with E-state index in [2.05, 4.69) is 54.3 Å². The van der Waals surface area contributed by atoms with Crippen LogP contribution in [-0.2, 0) is 0 Å². The van der Waals surface area contributed by atoms with Crippen molar-refractivity contribution in [3.63, 3.8) is 0 Å². The molecular weight excluding hydrogens is 258 g/mol.